The fourth-order valence-corrected chi connectivity index (χ4v) is 3.47. The Bertz CT molecular complexity index is 924. The van der Waals surface area contributed by atoms with E-state index in [2.05, 4.69) is 10.6 Å². The SMILES string of the molecule is Cc1cccc(C(C)C)c1NC(=O)CN1C(=O)NC(C)(c2ccccc2)C1=O. The second-order valence-corrected chi connectivity index (χ2v) is 7.55. The first kappa shape index (κ1) is 19.6. The molecule has 146 valence electrons. The maximum atomic E-state index is 12.9. The van der Waals surface area contributed by atoms with Gasteiger partial charge in [-0.05, 0) is 36.5 Å². The van der Waals surface area contributed by atoms with Gasteiger partial charge in [0, 0.05) is 5.69 Å². The monoisotopic (exact) mass is 379 g/mol. The van der Waals surface area contributed by atoms with Gasteiger partial charge in [0.05, 0.1) is 0 Å². The van der Waals surface area contributed by atoms with Crippen LogP contribution in [0.15, 0.2) is 48.5 Å². The van der Waals surface area contributed by atoms with E-state index < -0.39 is 23.4 Å². The molecule has 6 heteroatoms. The van der Waals surface area contributed by atoms with Gasteiger partial charge in [-0.1, -0.05) is 62.4 Å². The van der Waals surface area contributed by atoms with Gasteiger partial charge in [-0.15, -0.1) is 0 Å². The van der Waals surface area contributed by atoms with E-state index in [1.807, 2.05) is 45.0 Å². The minimum absolute atomic E-state index is 0.230. The van der Waals surface area contributed by atoms with Crippen molar-refractivity contribution in [2.75, 3.05) is 11.9 Å². The number of amides is 4. The van der Waals surface area contributed by atoms with Gasteiger partial charge in [0.15, 0.2) is 0 Å². The zero-order valence-corrected chi connectivity index (χ0v) is 16.6. The van der Waals surface area contributed by atoms with Crippen LogP contribution in [-0.4, -0.2) is 29.3 Å². The van der Waals surface area contributed by atoms with Crippen LogP contribution < -0.4 is 10.6 Å². The third-order valence-electron chi connectivity index (χ3n) is 5.12. The van der Waals surface area contributed by atoms with E-state index in [-0.39, 0.29) is 12.5 Å². The van der Waals surface area contributed by atoms with Gasteiger partial charge in [-0.25, -0.2) is 4.79 Å². The van der Waals surface area contributed by atoms with Crippen LogP contribution in [0.25, 0.3) is 0 Å². The van der Waals surface area contributed by atoms with Crippen LogP contribution in [0.2, 0.25) is 0 Å². The summed E-state index contributed by atoms with van der Waals surface area (Å²) in [7, 11) is 0. The quantitative estimate of drug-likeness (QED) is 0.780. The third-order valence-corrected chi connectivity index (χ3v) is 5.12. The average molecular weight is 379 g/mol. The Labute approximate surface area is 164 Å². The molecule has 0 aliphatic carbocycles. The minimum atomic E-state index is -1.18. The van der Waals surface area contributed by atoms with Crippen molar-refractivity contribution in [3.8, 4) is 0 Å². The summed E-state index contributed by atoms with van der Waals surface area (Å²) in [5.41, 5.74) is 2.19. The van der Waals surface area contributed by atoms with Gasteiger partial charge in [0.1, 0.15) is 12.1 Å². The zero-order chi connectivity index (χ0) is 20.5. The van der Waals surface area contributed by atoms with Crippen LogP contribution >= 0.6 is 0 Å². The van der Waals surface area contributed by atoms with Crippen LogP contribution in [0, 0.1) is 6.92 Å². The normalized spacial score (nSPS) is 19.1. The predicted molar refractivity (Wildman–Crippen MR) is 108 cm³/mol. The minimum Gasteiger partial charge on any atom is -0.324 e. The van der Waals surface area contributed by atoms with Crippen LogP contribution in [0.4, 0.5) is 10.5 Å². The van der Waals surface area contributed by atoms with Gasteiger partial charge in [0.2, 0.25) is 5.91 Å². The van der Waals surface area contributed by atoms with E-state index in [1.54, 1.807) is 31.2 Å². The van der Waals surface area contributed by atoms with Crippen LogP contribution in [0.5, 0.6) is 0 Å². The molecule has 2 N–H and O–H groups in total. The van der Waals surface area contributed by atoms with Crippen LogP contribution in [0.3, 0.4) is 0 Å². The fourth-order valence-electron chi connectivity index (χ4n) is 3.47. The summed E-state index contributed by atoms with van der Waals surface area (Å²) in [5.74, 6) is -0.613. The molecule has 1 heterocycles. The number of carbonyl (C=O) groups excluding carboxylic acids is 3. The molecule has 28 heavy (non-hydrogen) atoms. The first-order chi connectivity index (χ1) is 13.2. The van der Waals surface area contributed by atoms with E-state index >= 15 is 0 Å². The molecule has 0 radical (unpaired) electrons. The van der Waals surface area contributed by atoms with Crippen molar-refractivity contribution in [2.24, 2.45) is 0 Å². The molecule has 0 aromatic heterocycles. The Morgan fingerprint density at radius 1 is 1.11 bits per heavy atom. The Kier molecular flexibility index (Phi) is 5.23. The lowest BCUT2D eigenvalue weighted by Crippen LogP contribution is -2.42. The summed E-state index contributed by atoms with van der Waals surface area (Å²) in [6.45, 7) is 7.33. The van der Waals surface area contributed by atoms with Crippen molar-refractivity contribution in [2.45, 2.75) is 39.2 Å². The third kappa shape index (κ3) is 3.50. The Morgan fingerprint density at radius 2 is 1.79 bits per heavy atom. The number of nitrogens with zero attached hydrogens (tertiary/aromatic N) is 1. The molecule has 0 saturated carbocycles. The molecule has 4 amide bonds. The molecule has 0 spiro atoms. The number of anilines is 1. The highest BCUT2D eigenvalue weighted by molar-refractivity contribution is 6.10. The van der Waals surface area contributed by atoms with E-state index in [1.165, 1.54) is 0 Å². The largest absolute Gasteiger partial charge is 0.325 e. The predicted octanol–water partition coefficient (Wildman–Crippen LogP) is 3.52. The lowest BCUT2D eigenvalue weighted by atomic mass is 9.92. The highest BCUT2D eigenvalue weighted by atomic mass is 16.2. The van der Waals surface area contributed by atoms with Gasteiger partial charge in [0.25, 0.3) is 5.91 Å². The Morgan fingerprint density at radius 3 is 2.43 bits per heavy atom. The van der Waals surface area contributed by atoms with Crippen molar-refractivity contribution < 1.29 is 14.4 Å². The summed E-state index contributed by atoms with van der Waals surface area (Å²) in [6, 6.07) is 14.3. The fraction of sp³-hybridized carbons (Fsp3) is 0.318. The van der Waals surface area contributed by atoms with Crippen molar-refractivity contribution in [3.05, 3.63) is 65.2 Å². The lowest BCUT2D eigenvalue weighted by Gasteiger charge is -2.22. The van der Waals surface area contributed by atoms with E-state index in [9.17, 15) is 14.4 Å². The number of hydrogen-bond acceptors (Lipinski definition) is 3. The number of imide groups is 1. The summed E-state index contributed by atoms with van der Waals surface area (Å²) in [4.78, 5) is 39.0. The van der Waals surface area contributed by atoms with Crippen molar-refractivity contribution in [3.63, 3.8) is 0 Å². The van der Waals surface area contributed by atoms with Gasteiger partial charge in [-0.3, -0.25) is 14.5 Å². The molecule has 1 atom stereocenters. The topological polar surface area (TPSA) is 78.5 Å². The summed E-state index contributed by atoms with van der Waals surface area (Å²) < 4.78 is 0. The number of benzene rings is 2. The Hall–Kier alpha value is -3.15. The molecule has 0 bridgehead atoms. The number of carbonyl (C=O) groups is 3. The maximum Gasteiger partial charge on any atom is 0.325 e. The molecule has 2 aromatic carbocycles. The summed E-state index contributed by atoms with van der Waals surface area (Å²) >= 11 is 0. The van der Waals surface area contributed by atoms with E-state index in [0.29, 0.717) is 5.56 Å². The molecule has 2 aromatic rings. The van der Waals surface area contributed by atoms with Crippen LogP contribution in [0.1, 0.15) is 43.4 Å². The molecule has 1 saturated heterocycles. The highest BCUT2D eigenvalue weighted by Crippen LogP contribution is 2.30. The molecule has 3 rings (SSSR count). The number of hydrogen-bond donors (Lipinski definition) is 2. The number of para-hydroxylation sites is 1. The maximum absolute atomic E-state index is 12.9. The number of nitrogens with one attached hydrogen (secondary N) is 2. The van der Waals surface area contributed by atoms with Gasteiger partial charge < -0.3 is 10.6 Å². The van der Waals surface area contributed by atoms with Crippen LogP contribution in [-0.2, 0) is 15.1 Å². The molecule has 6 nitrogen and oxygen atoms in total. The second-order valence-electron chi connectivity index (χ2n) is 7.55. The van der Waals surface area contributed by atoms with Crippen molar-refractivity contribution in [1.29, 1.82) is 0 Å². The molecule has 1 unspecified atom stereocenters. The molecular weight excluding hydrogens is 354 g/mol. The van der Waals surface area contributed by atoms with Crippen molar-refractivity contribution >= 4 is 23.5 Å². The van der Waals surface area contributed by atoms with Crippen molar-refractivity contribution in [1.82, 2.24) is 10.2 Å². The number of rotatable bonds is 5. The molecule has 1 fully saturated rings. The standard InChI is InChI=1S/C22H25N3O3/c1-14(2)17-12-8-9-15(3)19(17)23-18(26)13-25-20(27)22(4,24-21(25)28)16-10-6-5-7-11-16/h5-12,14H,13H2,1-4H3,(H,23,26)(H,24,28). The molecule has 1 aliphatic rings. The Balaban J connectivity index is 1.79. The molecule has 1 aliphatic heterocycles. The smallest absolute Gasteiger partial charge is 0.324 e. The zero-order valence-electron chi connectivity index (χ0n) is 16.6. The number of aryl methyl sites for hydroxylation is 1. The average Bonchev–Trinajstić information content (AvgIpc) is 2.88. The van der Waals surface area contributed by atoms with Gasteiger partial charge >= 0.3 is 6.03 Å². The second kappa shape index (κ2) is 7.46. The molecular formula is C22H25N3O3. The van der Waals surface area contributed by atoms with E-state index in [0.717, 1.165) is 21.7 Å². The highest BCUT2D eigenvalue weighted by Gasteiger charge is 2.49. The summed E-state index contributed by atoms with van der Waals surface area (Å²) in [5, 5.41) is 5.60. The first-order valence-electron chi connectivity index (χ1n) is 9.33. The van der Waals surface area contributed by atoms with Gasteiger partial charge in [-0.2, -0.15) is 0 Å². The number of urea groups is 1. The first-order valence-corrected chi connectivity index (χ1v) is 9.33. The lowest BCUT2D eigenvalue weighted by molar-refractivity contribution is -0.133. The summed E-state index contributed by atoms with van der Waals surface area (Å²) in [6.07, 6.45) is 0. The van der Waals surface area contributed by atoms with E-state index in [4.69, 9.17) is 0 Å².